The molecule has 0 bridgehead atoms. The number of aromatic amines is 1. The maximum Gasteiger partial charge on any atom is 0.255 e. The van der Waals surface area contributed by atoms with Crippen molar-refractivity contribution in [3.05, 3.63) is 71.7 Å². The SMILES string of the molecule is CC(Cc1ccccc1O)NC(=O)c1cn[nH]c1-c1ccccc1F. The summed E-state index contributed by atoms with van der Waals surface area (Å²) in [4.78, 5) is 12.5. The third kappa shape index (κ3) is 3.68. The standard InChI is InChI=1S/C19H18FN3O2/c1-12(10-13-6-2-5-9-17(13)24)22-19(25)15-11-21-23-18(15)14-7-3-4-8-16(14)20/h2-9,11-12,24H,10H2,1H3,(H,21,23)(H,22,25). The zero-order valence-corrected chi connectivity index (χ0v) is 13.7. The minimum atomic E-state index is -0.428. The van der Waals surface area contributed by atoms with Gasteiger partial charge in [-0.15, -0.1) is 0 Å². The van der Waals surface area contributed by atoms with E-state index in [0.717, 1.165) is 5.56 Å². The number of H-pyrrole nitrogens is 1. The zero-order valence-electron chi connectivity index (χ0n) is 13.7. The van der Waals surface area contributed by atoms with E-state index in [1.165, 1.54) is 12.3 Å². The van der Waals surface area contributed by atoms with Gasteiger partial charge in [0.05, 0.1) is 17.5 Å². The summed E-state index contributed by atoms with van der Waals surface area (Å²) in [6, 6.07) is 13.0. The monoisotopic (exact) mass is 339 g/mol. The highest BCUT2D eigenvalue weighted by Crippen LogP contribution is 2.24. The molecule has 0 saturated heterocycles. The van der Waals surface area contributed by atoms with Crippen molar-refractivity contribution in [2.24, 2.45) is 0 Å². The number of halogens is 1. The first-order valence-electron chi connectivity index (χ1n) is 7.92. The number of carbonyl (C=O) groups is 1. The second-order valence-electron chi connectivity index (χ2n) is 5.85. The Morgan fingerprint density at radius 3 is 2.72 bits per heavy atom. The molecule has 2 aromatic carbocycles. The molecule has 3 N–H and O–H groups in total. The Kier molecular flexibility index (Phi) is 4.79. The molecule has 6 heteroatoms. The van der Waals surface area contributed by atoms with Gasteiger partial charge in [0.15, 0.2) is 0 Å². The molecule has 25 heavy (non-hydrogen) atoms. The van der Waals surface area contributed by atoms with Crippen LogP contribution in [0, 0.1) is 5.82 Å². The number of phenols is 1. The maximum absolute atomic E-state index is 14.0. The highest BCUT2D eigenvalue weighted by molar-refractivity contribution is 5.99. The Labute approximate surface area is 144 Å². The normalized spacial score (nSPS) is 11.9. The highest BCUT2D eigenvalue weighted by Gasteiger charge is 2.19. The molecule has 3 aromatic rings. The van der Waals surface area contributed by atoms with E-state index in [0.29, 0.717) is 17.7 Å². The van der Waals surface area contributed by atoms with Crippen LogP contribution in [-0.2, 0) is 6.42 Å². The van der Waals surface area contributed by atoms with E-state index in [1.54, 1.807) is 36.4 Å². The van der Waals surface area contributed by atoms with Gasteiger partial charge in [-0.1, -0.05) is 30.3 Å². The van der Waals surface area contributed by atoms with Gasteiger partial charge >= 0.3 is 0 Å². The molecule has 1 amide bonds. The molecule has 5 nitrogen and oxygen atoms in total. The summed E-state index contributed by atoms with van der Waals surface area (Å²) < 4.78 is 14.0. The minimum absolute atomic E-state index is 0.193. The molecule has 0 spiro atoms. The number of hydrogen-bond donors (Lipinski definition) is 3. The lowest BCUT2D eigenvalue weighted by Crippen LogP contribution is -2.34. The van der Waals surface area contributed by atoms with Crippen molar-refractivity contribution in [1.29, 1.82) is 0 Å². The Morgan fingerprint density at radius 2 is 1.96 bits per heavy atom. The van der Waals surface area contributed by atoms with Crippen molar-refractivity contribution in [1.82, 2.24) is 15.5 Å². The Hall–Kier alpha value is -3.15. The van der Waals surface area contributed by atoms with Gasteiger partial charge in [-0.05, 0) is 37.1 Å². The van der Waals surface area contributed by atoms with Gasteiger partial charge < -0.3 is 10.4 Å². The van der Waals surface area contributed by atoms with Gasteiger partial charge in [0, 0.05) is 11.6 Å². The first-order valence-corrected chi connectivity index (χ1v) is 7.92. The third-order valence-electron chi connectivity index (χ3n) is 3.92. The minimum Gasteiger partial charge on any atom is -0.508 e. The number of nitrogens with one attached hydrogen (secondary N) is 2. The topological polar surface area (TPSA) is 78.0 Å². The third-order valence-corrected chi connectivity index (χ3v) is 3.92. The van der Waals surface area contributed by atoms with E-state index in [2.05, 4.69) is 15.5 Å². The molecule has 0 saturated carbocycles. The summed E-state index contributed by atoms with van der Waals surface area (Å²) in [7, 11) is 0. The van der Waals surface area contributed by atoms with Crippen LogP contribution in [0.25, 0.3) is 11.3 Å². The van der Waals surface area contributed by atoms with E-state index < -0.39 is 5.82 Å². The predicted molar refractivity (Wildman–Crippen MR) is 92.7 cm³/mol. The molecule has 1 aromatic heterocycles. The van der Waals surface area contributed by atoms with Gasteiger partial charge in [0.2, 0.25) is 0 Å². The predicted octanol–water partition coefficient (Wildman–Crippen LogP) is 3.28. The molecule has 1 unspecified atom stereocenters. The van der Waals surface area contributed by atoms with Gasteiger partial charge in [-0.2, -0.15) is 5.10 Å². The van der Waals surface area contributed by atoms with E-state index in [1.807, 2.05) is 13.0 Å². The van der Waals surface area contributed by atoms with Crippen molar-refractivity contribution in [3.8, 4) is 17.0 Å². The van der Waals surface area contributed by atoms with Crippen molar-refractivity contribution >= 4 is 5.91 Å². The summed E-state index contributed by atoms with van der Waals surface area (Å²) in [5.74, 6) is -0.586. The number of aromatic hydroxyl groups is 1. The maximum atomic E-state index is 14.0. The smallest absolute Gasteiger partial charge is 0.255 e. The Balaban J connectivity index is 1.76. The summed E-state index contributed by atoms with van der Waals surface area (Å²) in [5.41, 5.74) is 1.65. The number of amides is 1. The molecule has 1 atom stereocenters. The van der Waals surface area contributed by atoms with Crippen LogP contribution in [0.15, 0.2) is 54.7 Å². The first-order chi connectivity index (χ1) is 12.1. The molecular weight excluding hydrogens is 321 g/mol. The number of carbonyl (C=O) groups excluding carboxylic acids is 1. The molecule has 128 valence electrons. The van der Waals surface area contributed by atoms with Crippen LogP contribution in [-0.4, -0.2) is 27.3 Å². The Bertz CT molecular complexity index is 892. The van der Waals surface area contributed by atoms with Crippen LogP contribution in [0.5, 0.6) is 5.75 Å². The number of aromatic nitrogens is 2. The first kappa shape index (κ1) is 16.7. The molecule has 0 radical (unpaired) electrons. The fraction of sp³-hybridized carbons (Fsp3) is 0.158. The average molecular weight is 339 g/mol. The van der Waals surface area contributed by atoms with Crippen LogP contribution >= 0.6 is 0 Å². The molecule has 0 aliphatic carbocycles. The molecule has 1 heterocycles. The van der Waals surface area contributed by atoms with Crippen molar-refractivity contribution in [3.63, 3.8) is 0 Å². The van der Waals surface area contributed by atoms with Gasteiger partial charge in [0.25, 0.3) is 5.91 Å². The molecule has 3 rings (SSSR count). The lowest BCUT2D eigenvalue weighted by Gasteiger charge is -2.15. The van der Waals surface area contributed by atoms with E-state index in [9.17, 15) is 14.3 Å². The van der Waals surface area contributed by atoms with Gasteiger partial charge in [0.1, 0.15) is 11.6 Å². The van der Waals surface area contributed by atoms with Crippen molar-refractivity contribution in [2.75, 3.05) is 0 Å². The van der Waals surface area contributed by atoms with E-state index in [4.69, 9.17) is 0 Å². The average Bonchev–Trinajstić information content (AvgIpc) is 3.07. The molecule has 0 fully saturated rings. The van der Waals surface area contributed by atoms with Crippen LogP contribution in [0.2, 0.25) is 0 Å². The van der Waals surface area contributed by atoms with Gasteiger partial charge in [-0.3, -0.25) is 9.89 Å². The number of rotatable bonds is 5. The summed E-state index contributed by atoms with van der Waals surface area (Å²) in [6.45, 7) is 1.84. The van der Waals surface area contributed by atoms with Crippen LogP contribution < -0.4 is 5.32 Å². The van der Waals surface area contributed by atoms with E-state index >= 15 is 0 Å². The molecule has 0 aliphatic rings. The zero-order chi connectivity index (χ0) is 17.8. The fourth-order valence-electron chi connectivity index (χ4n) is 2.69. The largest absolute Gasteiger partial charge is 0.508 e. The van der Waals surface area contributed by atoms with E-state index in [-0.39, 0.29) is 23.3 Å². The van der Waals surface area contributed by atoms with Crippen LogP contribution in [0.4, 0.5) is 4.39 Å². The lowest BCUT2D eigenvalue weighted by atomic mass is 10.0. The fourth-order valence-corrected chi connectivity index (χ4v) is 2.69. The Morgan fingerprint density at radius 1 is 1.24 bits per heavy atom. The second kappa shape index (κ2) is 7.17. The van der Waals surface area contributed by atoms with Crippen molar-refractivity contribution < 1.29 is 14.3 Å². The molecular formula is C19H18FN3O2. The second-order valence-corrected chi connectivity index (χ2v) is 5.85. The van der Waals surface area contributed by atoms with Crippen molar-refractivity contribution in [2.45, 2.75) is 19.4 Å². The summed E-state index contributed by atoms with van der Waals surface area (Å²) >= 11 is 0. The summed E-state index contributed by atoms with van der Waals surface area (Å²) in [5, 5.41) is 19.2. The van der Waals surface area contributed by atoms with Crippen LogP contribution in [0.3, 0.4) is 0 Å². The summed E-state index contributed by atoms with van der Waals surface area (Å²) in [6.07, 6.45) is 1.86. The number of phenolic OH excluding ortho intramolecular Hbond substituents is 1. The number of benzene rings is 2. The number of para-hydroxylation sites is 1. The lowest BCUT2D eigenvalue weighted by molar-refractivity contribution is 0.0940. The quantitative estimate of drug-likeness (QED) is 0.667. The highest BCUT2D eigenvalue weighted by atomic mass is 19.1. The number of hydrogen-bond acceptors (Lipinski definition) is 3. The molecule has 0 aliphatic heterocycles. The van der Waals surface area contributed by atoms with Gasteiger partial charge in [-0.25, -0.2) is 4.39 Å². The number of nitrogens with zero attached hydrogens (tertiary/aromatic N) is 1. The van der Waals surface area contributed by atoms with Crippen LogP contribution in [0.1, 0.15) is 22.8 Å².